The Balaban J connectivity index is 0.000000155. The zero-order valence-corrected chi connectivity index (χ0v) is 68.6. The lowest BCUT2D eigenvalue weighted by Gasteiger charge is -2.09. The van der Waals surface area contributed by atoms with Crippen molar-refractivity contribution >= 4 is 130 Å². The fourth-order valence-electron chi connectivity index (χ4n) is 10.6. The Morgan fingerprint density at radius 1 is 0.669 bits per heavy atom. The number of hydrogen-bond donors (Lipinski definition) is 6. The molecule has 0 aliphatic carbocycles. The normalized spacial score (nSPS) is 12.9. The number of amidine groups is 1. The lowest BCUT2D eigenvalue weighted by atomic mass is 10.1. The second-order valence-electron chi connectivity index (χ2n) is 25.5. The van der Waals surface area contributed by atoms with Crippen LogP contribution >= 0.6 is 34.9 Å². The minimum Gasteiger partial charge on any atom is -0.481 e. The number of imidazole rings is 1. The fourth-order valence-corrected chi connectivity index (χ4v) is 13.0. The maximum absolute atomic E-state index is 12.7. The first-order valence-electron chi connectivity index (χ1n) is 36.8. The van der Waals surface area contributed by atoms with Crippen molar-refractivity contribution in [3.8, 4) is 16.9 Å². The minimum atomic E-state index is -0.896. The van der Waals surface area contributed by atoms with E-state index in [0.717, 1.165) is 60.3 Å². The smallest absolute Gasteiger partial charge is 0.332 e. The lowest BCUT2D eigenvalue weighted by Crippen LogP contribution is -2.37. The number of hydrazone groups is 3. The number of fused-ring (bicyclic) bond motifs is 1. The molecule has 14 aromatic rings. The standard InChI is InChI=1S/C20H18N6O2.C18H20N4O4S.C13H12N2O3.C13H12N2O2S.C13H10O2.C9H9N3O2S/c1-13-19(14(2)26(25-13)15-7-4-3-5-8-15)17-11-18(23-22-17)20(27)24-21-12-16-9-6-10-28-16;1-11-4-6-12(7-5-11)10-22-14-15(19-17(22)27-9-8-13(23)24)20(2)18(26)21(3)16(14)25;1-10(8-11-4-2-6-17-11)9-14-15-13(16)12-5-3-7-18-12;16-13(10-12-6-3-9-18-12)15-14-7-1-4-11-5-2-8-17-11;14-13(11-5-2-1-3-6-11)9-8-12-7-4-10-15-12;1-6-8(13)11-9(15-6)12-10-5-7-3-2-4-14-7/h3-12H,1-2H3,(H,22,23)(H,24,27);4-7H,8-10H2,1-3H3,(H,23,24);2-9H,1H3,(H,15,16);1-9H,10H2,(H,15,16);1-10H;2-6H,1H3,(H,11,12,13)/b21-12+;;10-8+,14-9+;4-1-,14-7+;9-8+;10-5+. The van der Waals surface area contributed by atoms with E-state index in [4.69, 9.17) is 31.6 Å². The summed E-state index contributed by atoms with van der Waals surface area (Å²) in [5.41, 5.74) is 15.2. The van der Waals surface area contributed by atoms with Crippen molar-refractivity contribution < 1.29 is 60.4 Å². The Bertz CT molecular complexity index is 6050. The van der Waals surface area contributed by atoms with Crippen LogP contribution in [0.1, 0.15) is 108 Å². The molecule has 1 unspecified atom stereocenters. The van der Waals surface area contributed by atoms with E-state index in [0.29, 0.717) is 74.4 Å². The molecule has 1 atom stereocenters. The number of aryl methyl sites for hydroxylation is 3. The van der Waals surface area contributed by atoms with Crippen molar-refractivity contribution in [2.75, 3.05) is 5.75 Å². The van der Waals surface area contributed by atoms with Crippen LogP contribution in [-0.2, 0) is 41.4 Å². The highest BCUT2D eigenvalue weighted by Crippen LogP contribution is 2.29. The van der Waals surface area contributed by atoms with Gasteiger partial charge in [0.05, 0.1) is 104 Å². The number of rotatable bonds is 25. The fraction of sp³-hybridized carbons (Fsp3) is 0.140. The number of hydrogen-bond acceptors (Lipinski definition) is 25. The number of carboxylic acids is 1. The molecule has 121 heavy (non-hydrogen) atoms. The number of aromatic amines is 1. The third-order valence-corrected chi connectivity index (χ3v) is 19.3. The Morgan fingerprint density at radius 2 is 1.30 bits per heavy atom. The first kappa shape index (κ1) is 88.3. The number of para-hydroxylation sites is 1. The molecule has 11 aromatic heterocycles. The molecule has 6 N–H and O–H groups in total. The number of furan rings is 6. The van der Waals surface area contributed by atoms with Crippen molar-refractivity contribution in [2.24, 2.45) is 39.6 Å². The number of nitrogens with one attached hydrogen (secondary N) is 5. The second-order valence-corrected chi connectivity index (χ2v) is 29.0. The number of aliphatic carboxylic acids is 1. The van der Waals surface area contributed by atoms with Gasteiger partial charge in [0, 0.05) is 42.1 Å². The van der Waals surface area contributed by atoms with E-state index in [-0.39, 0.29) is 40.9 Å². The van der Waals surface area contributed by atoms with Crippen LogP contribution in [0.25, 0.3) is 46.3 Å². The van der Waals surface area contributed by atoms with Gasteiger partial charge in [-0.05, 0) is 179 Å². The number of carbonyl (C=O) groups excluding carboxylic acids is 5. The SMILES string of the molecule is CC(/C=N/NC(=O)c1ccco1)=C\c1ccco1.CC1SC(=N/N=C/c2ccco2)NC1=O.Cc1ccc(Cn2c(SCCC(=O)O)nc3c2c(=O)n(C)c(=O)n3C)cc1.Cc1nn(-c2ccccc2)c(C)c1-c1cc(C(=O)N/N=C/c2ccco2)[nH]n1.O=C(/C=C/c1ccco1)c1ccccc1.O=C(Cc1cccs1)N/N=C/C=C\c1ccco1. The molecule has 0 bridgehead atoms. The average molecular weight is 1690 g/mol. The largest absolute Gasteiger partial charge is 0.481 e. The molecule has 1 saturated heterocycles. The number of benzene rings is 3. The van der Waals surface area contributed by atoms with Crippen molar-refractivity contribution in [1.29, 1.82) is 0 Å². The van der Waals surface area contributed by atoms with Crippen LogP contribution in [0.4, 0.5) is 0 Å². The zero-order valence-electron chi connectivity index (χ0n) is 66.1. The number of aromatic nitrogens is 8. The number of ketones is 1. The highest BCUT2D eigenvalue weighted by molar-refractivity contribution is 8.15. The maximum Gasteiger partial charge on any atom is 0.332 e. The molecule has 618 valence electrons. The summed E-state index contributed by atoms with van der Waals surface area (Å²) in [6, 6.07) is 53.5. The molecule has 35 heteroatoms. The van der Waals surface area contributed by atoms with Gasteiger partial charge in [0.1, 0.15) is 34.5 Å². The van der Waals surface area contributed by atoms with Gasteiger partial charge in [-0.3, -0.25) is 47.8 Å². The summed E-state index contributed by atoms with van der Waals surface area (Å²) in [6.07, 6.45) is 24.0. The summed E-state index contributed by atoms with van der Waals surface area (Å²) in [5, 5.41) is 45.2. The number of amides is 4. The molecule has 32 nitrogen and oxygen atoms in total. The first-order chi connectivity index (χ1) is 58.6. The van der Waals surface area contributed by atoms with E-state index in [2.05, 4.69) is 67.4 Å². The number of H-pyrrole nitrogens is 1. The molecule has 0 saturated carbocycles. The molecule has 12 heterocycles. The van der Waals surface area contributed by atoms with E-state index in [9.17, 15) is 38.4 Å². The summed E-state index contributed by atoms with van der Waals surface area (Å²) in [6.45, 7) is 9.97. The van der Waals surface area contributed by atoms with Crippen molar-refractivity contribution in [1.82, 2.24) is 60.3 Å². The van der Waals surface area contributed by atoms with Crippen LogP contribution in [0.15, 0.2) is 303 Å². The van der Waals surface area contributed by atoms with Gasteiger partial charge in [0.2, 0.25) is 11.8 Å². The van der Waals surface area contributed by atoms with Gasteiger partial charge in [-0.2, -0.15) is 30.6 Å². The number of nitrogens with zero attached hydrogens (tertiary/aromatic N) is 12. The topological polar surface area (TPSA) is 420 Å². The van der Waals surface area contributed by atoms with Gasteiger partial charge in [-0.1, -0.05) is 108 Å². The van der Waals surface area contributed by atoms with E-state index in [1.165, 1.54) is 78.6 Å². The highest BCUT2D eigenvalue weighted by atomic mass is 32.2. The van der Waals surface area contributed by atoms with Crippen LogP contribution in [0.5, 0.6) is 0 Å². The summed E-state index contributed by atoms with van der Waals surface area (Å²) in [5.74, 6) is 2.01. The Kier molecular flexibility index (Phi) is 33.1. The quantitative estimate of drug-likeness (QED) is 0.0102. The lowest BCUT2D eigenvalue weighted by molar-refractivity contribution is -0.136. The number of allylic oxidation sites excluding steroid dienone is 3. The summed E-state index contributed by atoms with van der Waals surface area (Å²) in [7, 11) is 3.00. The second kappa shape index (κ2) is 45.4. The first-order valence-corrected chi connectivity index (χ1v) is 39.6. The zero-order chi connectivity index (χ0) is 85.8. The average Bonchev–Trinajstić information content (AvgIpc) is 1.61. The van der Waals surface area contributed by atoms with E-state index >= 15 is 0 Å². The molecule has 0 radical (unpaired) electrons. The van der Waals surface area contributed by atoms with Crippen molar-refractivity contribution in [3.05, 3.63) is 331 Å². The molecule has 3 aromatic carbocycles. The number of carboxylic acid groups (broad SMARTS) is 1. The van der Waals surface area contributed by atoms with Gasteiger partial charge in [-0.25, -0.2) is 30.7 Å². The van der Waals surface area contributed by atoms with Gasteiger partial charge in [0.15, 0.2) is 33.0 Å². The van der Waals surface area contributed by atoms with Crippen molar-refractivity contribution in [3.63, 3.8) is 0 Å². The maximum atomic E-state index is 12.7. The van der Waals surface area contributed by atoms with Gasteiger partial charge in [-0.15, -0.1) is 16.4 Å². The van der Waals surface area contributed by atoms with Crippen LogP contribution in [0, 0.1) is 20.8 Å². The number of carbonyl (C=O) groups is 6. The Labute approximate surface area is 703 Å². The van der Waals surface area contributed by atoms with E-state index < -0.39 is 23.1 Å². The van der Waals surface area contributed by atoms with Crippen LogP contribution in [-0.4, -0.2) is 120 Å². The summed E-state index contributed by atoms with van der Waals surface area (Å²) < 4.78 is 36.4. The minimum absolute atomic E-state index is 0.0185. The molecule has 1 aliphatic heterocycles. The molecular weight excluding hydrogens is 1610 g/mol. The molecule has 0 spiro atoms. The summed E-state index contributed by atoms with van der Waals surface area (Å²) >= 11 is 4.17. The predicted octanol–water partition coefficient (Wildman–Crippen LogP) is 14.4. The third kappa shape index (κ3) is 27.2. The van der Waals surface area contributed by atoms with Crippen molar-refractivity contribution in [2.45, 2.75) is 64.4 Å². The monoisotopic (exact) mass is 1690 g/mol. The van der Waals surface area contributed by atoms with Gasteiger partial charge >= 0.3 is 17.6 Å². The highest BCUT2D eigenvalue weighted by Gasteiger charge is 2.26. The third-order valence-electron chi connectivity index (χ3n) is 16.5. The van der Waals surface area contributed by atoms with E-state index in [1.54, 1.807) is 145 Å². The van der Waals surface area contributed by atoms with Gasteiger partial charge < -0.3 is 41.5 Å². The Morgan fingerprint density at radius 3 is 1.92 bits per heavy atom. The molecule has 1 fully saturated rings. The molecule has 15 rings (SSSR count). The predicted molar refractivity (Wildman–Crippen MR) is 465 cm³/mol. The Hall–Kier alpha value is -15.1. The van der Waals surface area contributed by atoms with Crippen LogP contribution in [0.2, 0.25) is 0 Å². The number of thiophene rings is 1. The molecule has 1 aliphatic rings. The van der Waals surface area contributed by atoms with E-state index in [1.807, 2.05) is 148 Å². The molecule has 4 amide bonds. The molecular formula is C86H81N17O15S3. The number of thioether (sulfide) groups is 2. The summed E-state index contributed by atoms with van der Waals surface area (Å²) in [4.78, 5) is 99.1. The van der Waals surface area contributed by atoms with Crippen LogP contribution < -0.4 is 32.8 Å². The van der Waals surface area contributed by atoms with Gasteiger partial charge in [0.25, 0.3) is 11.5 Å². The van der Waals surface area contributed by atoms with Crippen LogP contribution in [0.3, 0.4) is 0 Å².